The first-order chi connectivity index (χ1) is 7.77. The molecule has 1 fully saturated rings. The molecule has 3 heteroatoms. The van der Waals surface area contributed by atoms with Gasteiger partial charge >= 0.3 is 0 Å². The van der Waals surface area contributed by atoms with E-state index in [9.17, 15) is 0 Å². The fourth-order valence-electron chi connectivity index (χ4n) is 2.68. The van der Waals surface area contributed by atoms with E-state index >= 15 is 0 Å². The van der Waals surface area contributed by atoms with E-state index in [1.54, 1.807) is 0 Å². The van der Waals surface area contributed by atoms with Crippen molar-refractivity contribution in [3.63, 3.8) is 0 Å². The van der Waals surface area contributed by atoms with Gasteiger partial charge in [0.2, 0.25) is 0 Å². The highest BCUT2D eigenvalue weighted by molar-refractivity contribution is 5.79. The van der Waals surface area contributed by atoms with E-state index in [0.717, 1.165) is 0 Å². The van der Waals surface area contributed by atoms with Crippen LogP contribution in [0.1, 0.15) is 18.9 Å². The lowest BCUT2D eigenvalue weighted by atomic mass is 9.85. The number of aromatic nitrogens is 2. The van der Waals surface area contributed by atoms with Crippen LogP contribution >= 0.6 is 0 Å². The molecule has 0 N–H and O–H groups in total. The summed E-state index contributed by atoms with van der Waals surface area (Å²) in [6, 6.07) is 5.59. The highest BCUT2D eigenvalue weighted by atomic mass is 15.2. The molecule has 1 saturated carbocycles. The Bertz CT molecular complexity index is 501. The molecule has 1 aliphatic rings. The Balaban J connectivity index is 2.00. The Hall–Kier alpha value is -1.35. The number of fused-ring (bicyclic) bond motifs is 1. The highest BCUT2D eigenvalue weighted by Crippen LogP contribution is 2.37. The molecule has 0 aliphatic heterocycles. The molecule has 0 spiro atoms. The molecule has 0 aromatic carbocycles. The van der Waals surface area contributed by atoms with E-state index in [2.05, 4.69) is 46.9 Å². The van der Waals surface area contributed by atoms with Crippen LogP contribution in [-0.4, -0.2) is 34.6 Å². The van der Waals surface area contributed by atoms with Crippen molar-refractivity contribution in [1.82, 2.24) is 14.5 Å². The first kappa shape index (κ1) is 9.85. The molecule has 2 atom stereocenters. The fraction of sp³-hybridized carbons (Fsp3) is 0.462. The highest BCUT2D eigenvalue weighted by Gasteiger charge is 2.33. The molecule has 0 amide bonds. The summed E-state index contributed by atoms with van der Waals surface area (Å²) in [6.45, 7) is 0. The number of likely N-dealkylation sites (N-methyl/N-ethyl adjacent to an activating group) is 1. The summed E-state index contributed by atoms with van der Waals surface area (Å²) < 4.78 is 2.41. The molecule has 0 saturated heterocycles. The number of nitrogens with zero attached hydrogens (tertiary/aromatic N) is 3. The average molecular weight is 215 g/mol. The van der Waals surface area contributed by atoms with Crippen LogP contribution in [0.5, 0.6) is 0 Å². The molecule has 84 valence electrons. The van der Waals surface area contributed by atoms with Crippen LogP contribution in [0, 0.1) is 0 Å². The van der Waals surface area contributed by atoms with Crippen molar-refractivity contribution >= 4 is 10.9 Å². The van der Waals surface area contributed by atoms with Crippen molar-refractivity contribution in [1.29, 1.82) is 0 Å². The summed E-state index contributed by atoms with van der Waals surface area (Å²) in [4.78, 5) is 6.49. The largest absolute Gasteiger partial charge is 0.343 e. The average Bonchev–Trinajstić information content (AvgIpc) is 2.60. The third-order valence-electron chi connectivity index (χ3n) is 3.74. The van der Waals surface area contributed by atoms with Crippen molar-refractivity contribution in [3.8, 4) is 0 Å². The Morgan fingerprint density at radius 1 is 1.31 bits per heavy atom. The van der Waals surface area contributed by atoms with Gasteiger partial charge in [-0.15, -0.1) is 0 Å². The van der Waals surface area contributed by atoms with Crippen LogP contribution in [0.4, 0.5) is 0 Å². The van der Waals surface area contributed by atoms with Gasteiger partial charge in [0.1, 0.15) is 0 Å². The van der Waals surface area contributed by atoms with Gasteiger partial charge in [-0.25, -0.2) is 0 Å². The second kappa shape index (κ2) is 3.59. The molecule has 2 heterocycles. The summed E-state index contributed by atoms with van der Waals surface area (Å²) >= 11 is 0. The van der Waals surface area contributed by atoms with Crippen molar-refractivity contribution in [3.05, 3.63) is 30.7 Å². The first-order valence-corrected chi connectivity index (χ1v) is 5.84. The Labute approximate surface area is 95.7 Å². The summed E-state index contributed by atoms with van der Waals surface area (Å²) in [7, 11) is 4.34. The summed E-state index contributed by atoms with van der Waals surface area (Å²) in [5.41, 5.74) is 1.31. The standard InChI is InChI=1S/C13H17N3/c1-15(2)12-3-4-13(12)16-8-6-10-9-14-7-5-11(10)16/h5-9,12-13H,3-4H2,1-2H3. The third-order valence-corrected chi connectivity index (χ3v) is 3.74. The minimum Gasteiger partial charge on any atom is -0.343 e. The van der Waals surface area contributed by atoms with E-state index in [0.29, 0.717) is 12.1 Å². The van der Waals surface area contributed by atoms with Gasteiger partial charge in [0, 0.05) is 36.1 Å². The molecular weight excluding hydrogens is 198 g/mol. The SMILES string of the molecule is CN(C)C1CCC1n1ccc2cnccc21. The van der Waals surface area contributed by atoms with E-state index in [1.165, 1.54) is 23.7 Å². The van der Waals surface area contributed by atoms with Gasteiger partial charge in [-0.3, -0.25) is 4.98 Å². The normalized spacial score (nSPS) is 24.9. The van der Waals surface area contributed by atoms with Crippen LogP contribution in [0.3, 0.4) is 0 Å². The monoisotopic (exact) mass is 215 g/mol. The van der Waals surface area contributed by atoms with Crippen molar-refractivity contribution in [2.24, 2.45) is 0 Å². The number of pyridine rings is 1. The second-order valence-electron chi connectivity index (χ2n) is 4.83. The van der Waals surface area contributed by atoms with E-state index < -0.39 is 0 Å². The molecule has 2 aromatic heterocycles. The van der Waals surface area contributed by atoms with E-state index in [-0.39, 0.29) is 0 Å². The predicted molar refractivity (Wildman–Crippen MR) is 65.5 cm³/mol. The zero-order chi connectivity index (χ0) is 11.1. The number of hydrogen-bond donors (Lipinski definition) is 0. The van der Waals surface area contributed by atoms with Crippen molar-refractivity contribution < 1.29 is 0 Å². The second-order valence-corrected chi connectivity index (χ2v) is 4.83. The van der Waals surface area contributed by atoms with Crippen LogP contribution in [-0.2, 0) is 0 Å². The minimum absolute atomic E-state index is 0.634. The molecular formula is C13H17N3. The van der Waals surface area contributed by atoms with E-state index in [4.69, 9.17) is 0 Å². The lowest BCUT2D eigenvalue weighted by Gasteiger charge is -2.42. The predicted octanol–water partition coefficient (Wildman–Crippen LogP) is 2.30. The van der Waals surface area contributed by atoms with Gasteiger partial charge in [-0.2, -0.15) is 0 Å². The minimum atomic E-state index is 0.634. The van der Waals surface area contributed by atoms with Crippen molar-refractivity contribution in [2.75, 3.05) is 14.1 Å². The molecule has 0 radical (unpaired) electrons. The maximum atomic E-state index is 4.16. The maximum Gasteiger partial charge on any atom is 0.0514 e. The van der Waals surface area contributed by atoms with E-state index in [1.807, 2.05) is 12.4 Å². The molecule has 3 nitrogen and oxygen atoms in total. The fourth-order valence-corrected chi connectivity index (χ4v) is 2.68. The van der Waals surface area contributed by atoms with Gasteiger partial charge in [0.25, 0.3) is 0 Å². The topological polar surface area (TPSA) is 21.1 Å². The molecule has 2 aromatic rings. The maximum absolute atomic E-state index is 4.16. The lowest BCUT2D eigenvalue weighted by molar-refractivity contribution is 0.116. The number of rotatable bonds is 2. The number of hydrogen-bond acceptors (Lipinski definition) is 2. The Kier molecular flexibility index (Phi) is 2.21. The van der Waals surface area contributed by atoms with Gasteiger partial charge in [0.15, 0.2) is 0 Å². The smallest absolute Gasteiger partial charge is 0.0514 e. The molecule has 3 rings (SSSR count). The Morgan fingerprint density at radius 3 is 2.88 bits per heavy atom. The molecule has 16 heavy (non-hydrogen) atoms. The summed E-state index contributed by atoms with van der Waals surface area (Å²) in [5, 5.41) is 1.24. The van der Waals surface area contributed by atoms with Crippen LogP contribution in [0.2, 0.25) is 0 Å². The van der Waals surface area contributed by atoms with Gasteiger partial charge in [-0.1, -0.05) is 0 Å². The van der Waals surface area contributed by atoms with Gasteiger partial charge < -0.3 is 9.47 Å². The third kappa shape index (κ3) is 1.35. The van der Waals surface area contributed by atoms with Gasteiger partial charge in [-0.05, 0) is 39.1 Å². The Morgan fingerprint density at radius 2 is 2.19 bits per heavy atom. The zero-order valence-corrected chi connectivity index (χ0v) is 9.80. The zero-order valence-electron chi connectivity index (χ0n) is 9.80. The van der Waals surface area contributed by atoms with Gasteiger partial charge in [0.05, 0.1) is 5.52 Å². The molecule has 2 unspecified atom stereocenters. The van der Waals surface area contributed by atoms with Crippen LogP contribution in [0.25, 0.3) is 10.9 Å². The summed E-state index contributed by atoms with van der Waals surface area (Å²) in [5.74, 6) is 0. The summed E-state index contributed by atoms with van der Waals surface area (Å²) in [6.07, 6.45) is 8.61. The van der Waals surface area contributed by atoms with Crippen LogP contribution < -0.4 is 0 Å². The lowest BCUT2D eigenvalue weighted by Crippen LogP contribution is -2.43. The first-order valence-electron chi connectivity index (χ1n) is 5.84. The van der Waals surface area contributed by atoms with Crippen LogP contribution in [0.15, 0.2) is 30.7 Å². The molecule has 1 aliphatic carbocycles. The van der Waals surface area contributed by atoms with Crippen molar-refractivity contribution in [2.45, 2.75) is 24.9 Å². The quantitative estimate of drug-likeness (QED) is 0.766. The molecule has 0 bridgehead atoms.